The first kappa shape index (κ1) is 25.1. The molecule has 0 aliphatic heterocycles. The maximum absolute atomic E-state index is 13.3. The van der Waals surface area contributed by atoms with Crippen LogP contribution in [0.3, 0.4) is 0 Å². The Morgan fingerprint density at radius 1 is 1.07 bits per heavy atom. The monoisotopic (exact) mass is 429 g/mol. The van der Waals surface area contributed by atoms with Gasteiger partial charge in [0.25, 0.3) is 0 Å². The molecule has 1 aromatic heterocycles. The van der Waals surface area contributed by atoms with Gasteiger partial charge in [-0.15, -0.1) is 0 Å². The van der Waals surface area contributed by atoms with Crippen molar-refractivity contribution in [2.45, 2.75) is 78.8 Å². The van der Waals surface area contributed by atoms with Gasteiger partial charge in [0.1, 0.15) is 0 Å². The van der Waals surface area contributed by atoms with Crippen LogP contribution in [0, 0.1) is 6.92 Å². The van der Waals surface area contributed by atoms with Gasteiger partial charge in [-0.1, -0.05) is 0 Å². The van der Waals surface area contributed by atoms with E-state index in [1.165, 1.54) is 75.5 Å². The SMILES string of the molecule is CCCC[PH](CCCC)(CCCC)C(C)C(=O)Nc1c(C)csc1C(=O)OC. The van der Waals surface area contributed by atoms with Crippen molar-refractivity contribution in [2.24, 2.45) is 0 Å². The van der Waals surface area contributed by atoms with Crippen LogP contribution < -0.4 is 5.32 Å². The molecule has 6 heteroatoms. The number of hydrogen-bond donors (Lipinski definition) is 1. The molecule has 0 radical (unpaired) electrons. The second-order valence-corrected chi connectivity index (χ2v) is 14.0. The Morgan fingerprint density at radius 2 is 1.57 bits per heavy atom. The molecule has 1 unspecified atom stereocenters. The second kappa shape index (κ2) is 12.6. The number of aryl methyl sites for hydroxylation is 1. The molecule has 0 fully saturated rings. The molecule has 1 heterocycles. The first-order chi connectivity index (χ1) is 13.4. The van der Waals surface area contributed by atoms with Gasteiger partial charge in [-0.25, -0.2) is 0 Å². The van der Waals surface area contributed by atoms with Gasteiger partial charge < -0.3 is 0 Å². The van der Waals surface area contributed by atoms with Gasteiger partial charge >= 0.3 is 176 Å². The summed E-state index contributed by atoms with van der Waals surface area (Å²) >= 11 is 1.33. The molecule has 1 rings (SSSR count). The molecule has 0 aliphatic rings. The van der Waals surface area contributed by atoms with Gasteiger partial charge in [-0.05, 0) is 0 Å². The standard InChI is InChI=1S/C22H40NO3PS/c1-7-10-13-27(14-11-8-2,15-12-9-3)18(5)21(24)23-19-17(4)16-28-20(19)22(25)26-6/h16,18,27H,7-15H2,1-6H3,(H,23,24). The predicted molar refractivity (Wildman–Crippen MR) is 126 cm³/mol. The van der Waals surface area contributed by atoms with Gasteiger partial charge in [0, 0.05) is 0 Å². The van der Waals surface area contributed by atoms with Crippen molar-refractivity contribution in [3.8, 4) is 0 Å². The van der Waals surface area contributed by atoms with Gasteiger partial charge in [-0.2, -0.15) is 0 Å². The van der Waals surface area contributed by atoms with Crippen LogP contribution in [-0.4, -0.2) is 43.1 Å². The minimum atomic E-state index is -1.75. The van der Waals surface area contributed by atoms with E-state index in [1.54, 1.807) is 0 Å². The number of methoxy groups -OCH3 is 1. The van der Waals surface area contributed by atoms with Crippen molar-refractivity contribution in [1.29, 1.82) is 0 Å². The van der Waals surface area contributed by atoms with E-state index in [4.69, 9.17) is 4.74 Å². The summed E-state index contributed by atoms with van der Waals surface area (Å²) in [5.41, 5.74) is 1.61. The van der Waals surface area contributed by atoms with E-state index in [2.05, 4.69) is 33.0 Å². The molecule has 0 saturated carbocycles. The predicted octanol–water partition coefficient (Wildman–Crippen LogP) is 6.32. The Hall–Kier alpha value is -0.930. The minimum absolute atomic E-state index is 0.0435. The zero-order chi connectivity index (χ0) is 21.2. The normalized spacial score (nSPS) is 13.2. The van der Waals surface area contributed by atoms with Crippen LogP contribution in [0.15, 0.2) is 5.38 Å². The molecule has 162 valence electrons. The van der Waals surface area contributed by atoms with E-state index in [1.807, 2.05) is 12.3 Å². The quantitative estimate of drug-likeness (QED) is 0.295. The molecule has 28 heavy (non-hydrogen) atoms. The van der Waals surface area contributed by atoms with E-state index < -0.39 is 7.26 Å². The number of carbonyl (C=O) groups excluding carboxylic acids is 2. The average Bonchev–Trinajstić information content (AvgIpc) is 3.06. The third kappa shape index (κ3) is 6.56. The van der Waals surface area contributed by atoms with Crippen molar-refractivity contribution in [3.63, 3.8) is 0 Å². The summed E-state index contributed by atoms with van der Waals surface area (Å²) in [6.07, 6.45) is 10.8. The summed E-state index contributed by atoms with van der Waals surface area (Å²) in [7, 11) is -0.375. The maximum atomic E-state index is 13.3. The number of nitrogens with one attached hydrogen (secondary N) is 1. The summed E-state index contributed by atoms with van der Waals surface area (Å²) in [6.45, 7) is 10.8. The van der Waals surface area contributed by atoms with Crippen molar-refractivity contribution in [2.75, 3.05) is 30.9 Å². The molecule has 4 nitrogen and oxygen atoms in total. The van der Waals surface area contributed by atoms with Crippen LogP contribution >= 0.6 is 18.6 Å². The Morgan fingerprint density at radius 3 is 2.00 bits per heavy atom. The molecular formula is C22H40NO3PS. The molecule has 0 aliphatic carbocycles. The number of amides is 1. The summed E-state index contributed by atoms with van der Waals surface area (Å²) in [5, 5.41) is 5.02. The Balaban J connectivity index is 3.12. The van der Waals surface area contributed by atoms with E-state index in [0.29, 0.717) is 10.6 Å². The molecule has 1 atom stereocenters. The number of unbranched alkanes of at least 4 members (excludes halogenated alkanes) is 3. The average molecular weight is 430 g/mol. The molecule has 0 aromatic carbocycles. The summed E-state index contributed by atoms with van der Waals surface area (Å²) in [4.78, 5) is 25.9. The third-order valence-electron chi connectivity index (χ3n) is 5.99. The van der Waals surface area contributed by atoms with Gasteiger partial charge in [0.2, 0.25) is 0 Å². The number of rotatable bonds is 13. The molecule has 0 saturated heterocycles. The first-order valence-electron chi connectivity index (χ1n) is 10.8. The van der Waals surface area contributed by atoms with Crippen molar-refractivity contribution in [3.05, 3.63) is 15.8 Å². The van der Waals surface area contributed by atoms with E-state index in [-0.39, 0.29) is 17.5 Å². The molecule has 0 spiro atoms. The zero-order valence-corrected chi connectivity index (χ0v) is 20.5. The van der Waals surface area contributed by atoms with Crippen LogP contribution in [0.1, 0.15) is 81.5 Å². The number of thiophene rings is 1. The van der Waals surface area contributed by atoms with Gasteiger partial charge in [-0.3, -0.25) is 0 Å². The van der Waals surface area contributed by atoms with Gasteiger partial charge in [0.05, 0.1) is 0 Å². The molecule has 1 N–H and O–H groups in total. The van der Waals surface area contributed by atoms with Gasteiger partial charge in [0.15, 0.2) is 0 Å². The fraction of sp³-hybridized carbons (Fsp3) is 0.727. The third-order valence-corrected chi connectivity index (χ3v) is 13.2. The van der Waals surface area contributed by atoms with E-state index in [0.717, 1.165) is 5.56 Å². The fourth-order valence-electron chi connectivity index (χ4n) is 3.96. The fourth-order valence-corrected chi connectivity index (χ4v) is 10.7. The van der Waals surface area contributed by atoms with Crippen LogP contribution in [0.25, 0.3) is 0 Å². The second-order valence-electron chi connectivity index (χ2n) is 8.00. The number of anilines is 1. The molecular weight excluding hydrogens is 389 g/mol. The molecule has 1 aromatic rings. The zero-order valence-electron chi connectivity index (χ0n) is 18.7. The van der Waals surface area contributed by atoms with Crippen molar-refractivity contribution < 1.29 is 14.3 Å². The first-order valence-corrected chi connectivity index (χ1v) is 14.4. The molecule has 0 bridgehead atoms. The Labute approximate surface area is 176 Å². The number of ether oxygens (including phenoxy) is 1. The van der Waals surface area contributed by atoms with Crippen molar-refractivity contribution in [1.82, 2.24) is 0 Å². The summed E-state index contributed by atoms with van der Waals surface area (Å²) < 4.78 is 4.89. The Kier molecular flexibility index (Phi) is 11.3. The molecule has 1 amide bonds. The number of hydrogen-bond acceptors (Lipinski definition) is 4. The summed E-state index contributed by atoms with van der Waals surface area (Å²) in [6, 6.07) is 0. The van der Waals surface area contributed by atoms with Crippen LogP contribution in [-0.2, 0) is 9.53 Å². The number of esters is 1. The van der Waals surface area contributed by atoms with E-state index in [9.17, 15) is 9.59 Å². The summed E-state index contributed by atoms with van der Waals surface area (Å²) in [5.74, 6) is -0.297. The Bertz CT molecular complexity index is 608. The van der Waals surface area contributed by atoms with Crippen LogP contribution in [0.2, 0.25) is 0 Å². The van der Waals surface area contributed by atoms with E-state index >= 15 is 0 Å². The van der Waals surface area contributed by atoms with Crippen LogP contribution in [0.4, 0.5) is 5.69 Å². The number of carbonyl (C=O) groups is 2. The van der Waals surface area contributed by atoms with Crippen LogP contribution in [0.5, 0.6) is 0 Å². The van der Waals surface area contributed by atoms with Crippen molar-refractivity contribution >= 4 is 36.2 Å². The topological polar surface area (TPSA) is 55.4 Å².